The van der Waals surface area contributed by atoms with Gasteiger partial charge in [-0.25, -0.2) is 0 Å². The molecule has 0 fully saturated rings. The smallest absolute Gasteiger partial charge is 0.284 e. The standard InChI is InChI=1S/C31H19F6N3O4/c32-30(33,34)20-5-3-7-22(13-20)39(17-41)24-11-19(16-38-28(43)26-9-1-2-10-27(26)29(38)44)12-25(15-24)40(18-42)23-8-4-6-21(14-23)31(35,36)37/h1-15,17-18H,16H2. The molecule has 4 aromatic rings. The second-order valence-electron chi connectivity index (χ2n) is 9.65. The molecule has 1 aliphatic rings. The molecule has 0 unspecified atom stereocenters. The number of imide groups is 1. The van der Waals surface area contributed by atoms with Crippen LogP contribution in [0.1, 0.15) is 37.4 Å². The van der Waals surface area contributed by atoms with E-state index in [9.17, 15) is 45.5 Å². The summed E-state index contributed by atoms with van der Waals surface area (Å²) >= 11 is 0. The molecular weight excluding hydrogens is 592 g/mol. The van der Waals surface area contributed by atoms with Crippen LogP contribution in [0.4, 0.5) is 49.1 Å². The fourth-order valence-electron chi connectivity index (χ4n) is 4.80. The number of amides is 4. The fraction of sp³-hybridized carbons (Fsp3) is 0.0968. The van der Waals surface area contributed by atoms with Gasteiger partial charge >= 0.3 is 12.4 Å². The van der Waals surface area contributed by atoms with Gasteiger partial charge in [0.1, 0.15) is 0 Å². The number of nitrogens with zero attached hydrogens (tertiary/aromatic N) is 3. The van der Waals surface area contributed by atoms with E-state index in [-0.39, 0.29) is 52.3 Å². The van der Waals surface area contributed by atoms with E-state index < -0.39 is 41.8 Å². The number of hydrogen-bond acceptors (Lipinski definition) is 4. The van der Waals surface area contributed by atoms with E-state index in [0.717, 1.165) is 51.1 Å². The molecule has 0 N–H and O–H groups in total. The lowest BCUT2D eigenvalue weighted by Gasteiger charge is -2.25. The molecule has 0 bridgehead atoms. The van der Waals surface area contributed by atoms with Gasteiger partial charge in [-0.2, -0.15) is 26.3 Å². The number of halogens is 6. The summed E-state index contributed by atoms with van der Waals surface area (Å²) in [7, 11) is 0. The topological polar surface area (TPSA) is 78.0 Å². The average Bonchev–Trinajstić information content (AvgIpc) is 3.22. The number of hydrogen-bond donors (Lipinski definition) is 0. The Morgan fingerprint density at radius 1 is 0.568 bits per heavy atom. The third-order valence-corrected chi connectivity index (χ3v) is 6.85. The minimum absolute atomic E-state index is 0.0951. The highest BCUT2D eigenvalue weighted by molar-refractivity contribution is 6.21. The number of fused-ring (bicyclic) bond motifs is 1. The van der Waals surface area contributed by atoms with Crippen LogP contribution >= 0.6 is 0 Å². The van der Waals surface area contributed by atoms with Crippen molar-refractivity contribution >= 4 is 47.4 Å². The van der Waals surface area contributed by atoms with Crippen LogP contribution in [0.3, 0.4) is 0 Å². The summed E-state index contributed by atoms with van der Waals surface area (Å²) in [5.74, 6) is -1.26. The maximum atomic E-state index is 13.4. The van der Waals surface area contributed by atoms with Crippen molar-refractivity contribution in [2.75, 3.05) is 9.80 Å². The molecule has 0 atom stereocenters. The first kappa shape index (κ1) is 30.0. The minimum atomic E-state index is -4.74. The Morgan fingerprint density at radius 3 is 1.39 bits per heavy atom. The third kappa shape index (κ3) is 5.76. The number of benzene rings is 4. The summed E-state index contributed by atoms with van der Waals surface area (Å²) in [6.45, 7) is -0.391. The predicted octanol–water partition coefficient (Wildman–Crippen LogP) is 7.11. The SMILES string of the molecule is O=CN(c1cc(CN2C(=O)c3ccccc3C2=O)cc(N(C=O)c2cccc(C(F)(F)F)c2)c1)c1cccc(C(F)(F)F)c1. The van der Waals surface area contributed by atoms with Gasteiger partial charge in [-0.05, 0) is 72.3 Å². The molecule has 0 saturated heterocycles. The monoisotopic (exact) mass is 611 g/mol. The predicted molar refractivity (Wildman–Crippen MR) is 146 cm³/mol. The Kier molecular flexibility index (Phi) is 7.72. The first-order chi connectivity index (χ1) is 20.8. The highest BCUT2D eigenvalue weighted by atomic mass is 19.4. The van der Waals surface area contributed by atoms with Crippen molar-refractivity contribution < 1.29 is 45.5 Å². The van der Waals surface area contributed by atoms with Gasteiger partial charge in [-0.1, -0.05) is 24.3 Å². The molecule has 13 heteroatoms. The van der Waals surface area contributed by atoms with Crippen molar-refractivity contribution in [1.82, 2.24) is 4.90 Å². The van der Waals surface area contributed by atoms with Crippen molar-refractivity contribution in [2.24, 2.45) is 0 Å². The number of rotatable bonds is 8. The van der Waals surface area contributed by atoms with Gasteiger partial charge in [0.2, 0.25) is 12.8 Å². The molecule has 0 saturated carbocycles. The van der Waals surface area contributed by atoms with Crippen LogP contribution in [0.2, 0.25) is 0 Å². The van der Waals surface area contributed by atoms with E-state index >= 15 is 0 Å². The molecular formula is C31H19F6N3O4. The van der Waals surface area contributed by atoms with Gasteiger partial charge in [0.25, 0.3) is 11.8 Å². The molecule has 0 radical (unpaired) electrons. The van der Waals surface area contributed by atoms with Crippen LogP contribution < -0.4 is 9.80 Å². The van der Waals surface area contributed by atoms with Gasteiger partial charge in [-0.3, -0.25) is 33.9 Å². The second-order valence-corrected chi connectivity index (χ2v) is 9.65. The Hall–Kier alpha value is -5.46. The molecule has 0 spiro atoms. The summed E-state index contributed by atoms with van der Waals surface area (Å²) in [6, 6.07) is 17.6. The minimum Gasteiger partial charge on any atom is -0.284 e. The number of anilines is 4. The van der Waals surface area contributed by atoms with Crippen molar-refractivity contribution in [3.8, 4) is 0 Å². The molecule has 224 valence electrons. The van der Waals surface area contributed by atoms with E-state index in [1.165, 1.54) is 42.5 Å². The van der Waals surface area contributed by atoms with Crippen molar-refractivity contribution in [3.05, 3.63) is 119 Å². The van der Waals surface area contributed by atoms with Gasteiger partial charge in [0.15, 0.2) is 0 Å². The van der Waals surface area contributed by atoms with E-state index in [1.54, 1.807) is 12.1 Å². The van der Waals surface area contributed by atoms with E-state index in [4.69, 9.17) is 0 Å². The van der Waals surface area contributed by atoms with Gasteiger partial charge < -0.3 is 0 Å². The second kappa shape index (κ2) is 11.3. The van der Waals surface area contributed by atoms with Crippen LogP contribution in [0.5, 0.6) is 0 Å². The van der Waals surface area contributed by atoms with Gasteiger partial charge in [-0.15, -0.1) is 0 Å². The van der Waals surface area contributed by atoms with Crippen LogP contribution in [-0.2, 0) is 28.5 Å². The van der Waals surface area contributed by atoms with Crippen LogP contribution in [-0.4, -0.2) is 29.5 Å². The Bertz CT molecular complexity index is 1660. The molecule has 1 aliphatic heterocycles. The van der Waals surface area contributed by atoms with Crippen molar-refractivity contribution in [2.45, 2.75) is 18.9 Å². The van der Waals surface area contributed by atoms with Gasteiger partial charge in [0, 0.05) is 11.4 Å². The molecule has 1 heterocycles. The Labute approximate surface area is 245 Å². The maximum absolute atomic E-state index is 13.4. The highest BCUT2D eigenvalue weighted by Gasteiger charge is 2.36. The van der Waals surface area contributed by atoms with Crippen LogP contribution in [0.25, 0.3) is 0 Å². The molecule has 4 aromatic carbocycles. The van der Waals surface area contributed by atoms with E-state index in [0.29, 0.717) is 0 Å². The molecule has 4 amide bonds. The molecule has 5 rings (SSSR count). The zero-order chi connectivity index (χ0) is 31.8. The molecule has 7 nitrogen and oxygen atoms in total. The summed E-state index contributed by atoms with van der Waals surface area (Å²) < 4.78 is 80.6. The van der Waals surface area contributed by atoms with Crippen LogP contribution in [0.15, 0.2) is 91.0 Å². The first-order valence-corrected chi connectivity index (χ1v) is 12.7. The number of carbonyl (C=O) groups excluding carboxylic acids is 4. The van der Waals surface area contributed by atoms with Crippen molar-refractivity contribution in [1.29, 1.82) is 0 Å². The zero-order valence-electron chi connectivity index (χ0n) is 22.3. The molecule has 0 aliphatic carbocycles. The largest absolute Gasteiger partial charge is 0.416 e. The Morgan fingerprint density at radius 2 is 1.00 bits per heavy atom. The van der Waals surface area contributed by atoms with Crippen molar-refractivity contribution in [3.63, 3.8) is 0 Å². The van der Waals surface area contributed by atoms with Gasteiger partial charge in [0.05, 0.1) is 40.2 Å². The first-order valence-electron chi connectivity index (χ1n) is 12.7. The number of alkyl halides is 6. The normalized spacial score (nSPS) is 13.1. The fourth-order valence-corrected chi connectivity index (χ4v) is 4.80. The lowest BCUT2D eigenvalue weighted by atomic mass is 10.1. The lowest BCUT2D eigenvalue weighted by Crippen LogP contribution is -2.29. The lowest BCUT2D eigenvalue weighted by molar-refractivity contribution is -0.138. The van der Waals surface area contributed by atoms with Crippen LogP contribution in [0, 0.1) is 0 Å². The Balaban J connectivity index is 1.63. The average molecular weight is 611 g/mol. The quantitative estimate of drug-likeness (QED) is 0.121. The summed E-state index contributed by atoms with van der Waals surface area (Å²) in [6.07, 6.45) is -9.03. The maximum Gasteiger partial charge on any atom is 0.416 e. The summed E-state index contributed by atoms with van der Waals surface area (Å²) in [5.41, 5.74) is -2.29. The highest BCUT2D eigenvalue weighted by Crippen LogP contribution is 2.38. The zero-order valence-corrected chi connectivity index (χ0v) is 22.3. The third-order valence-electron chi connectivity index (χ3n) is 6.85. The molecule has 44 heavy (non-hydrogen) atoms. The summed E-state index contributed by atoms with van der Waals surface area (Å²) in [4.78, 5) is 53.2. The number of carbonyl (C=O) groups is 4. The van der Waals surface area contributed by atoms with E-state index in [2.05, 4.69) is 0 Å². The van der Waals surface area contributed by atoms with E-state index in [1.807, 2.05) is 0 Å². The summed E-state index contributed by atoms with van der Waals surface area (Å²) in [5, 5.41) is 0. The molecule has 0 aromatic heterocycles.